The summed E-state index contributed by atoms with van der Waals surface area (Å²) in [6, 6.07) is 28.6. The lowest BCUT2D eigenvalue weighted by Gasteiger charge is -2.19. The number of nitrogens with one attached hydrogen (secondary N) is 2. The minimum Gasteiger partial charge on any atom is -0.390 e. The summed E-state index contributed by atoms with van der Waals surface area (Å²) >= 11 is 0. The van der Waals surface area contributed by atoms with Crippen molar-refractivity contribution in [3.63, 3.8) is 0 Å². The second-order valence-electron chi connectivity index (χ2n) is 8.57. The molecule has 4 heteroatoms. The topological polar surface area (TPSA) is 61.4 Å². The highest BCUT2D eigenvalue weighted by Gasteiger charge is 2.18. The van der Waals surface area contributed by atoms with Gasteiger partial charge in [-0.25, -0.2) is 0 Å². The Labute approximate surface area is 191 Å². The van der Waals surface area contributed by atoms with Crippen molar-refractivity contribution < 1.29 is 9.90 Å². The highest BCUT2D eigenvalue weighted by Crippen LogP contribution is 2.27. The number of hydrogen-bond donors (Lipinski definition) is 3. The number of hydrogen-bond acceptors (Lipinski definition) is 3. The summed E-state index contributed by atoms with van der Waals surface area (Å²) in [5, 5.41) is 16.5. The molecule has 0 aromatic heterocycles. The van der Waals surface area contributed by atoms with E-state index in [2.05, 4.69) is 73.0 Å². The zero-order valence-corrected chi connectivity index (χ0v) is 19.0. The van der Waals surface area contributed by atoms with Crippen LogP contribution in [0.25, 0.3) is 0 Å². The molecule has 0 saturated heterocycles. The van der Waals surface area contributed by atoms with Crippen LogP contribution in [0.3, 0.4) is 0 Å². The monoisotopic (exact) mass is 430 g/mol. The molecular formula is C28H34N2O2. The molecule has 0 aliphatic carbocycles. The first-order valence-corrected chi connectivity index (χ1v) is 11.4. The van der Waals surface area contributed by atoms with Crippen LogP contribution in [-0.2, 0) is 11.3 Å². The quantitative estimate of drug-likeness (QED) is 0.417. The van der Waals surface area contributed by atoms with E-state index >= 15 is 0 Å². The van der Waals surface area contributed by atoms with Crippen LogP contribution in [0.2, 0.25) is 0 Å². The van der Waals surface area contributed by atoms with Crippen LogP contribution in [0.15, 0.2) is 84.9 Å². The minimum absolute atomic E-state index is 0.0131. The first-order valence-electron chi connectivity index (χ1n) is 11.4. The van der Waals surface area contributed by atoms with Crippen LogP contribution in [0.5, 0.6) is 0 Å². The third kappa shape index (κ3) is 7.33. The molecule has 3 aromatic carbocycles. The molecule has 1 amide bonds. The lowest BCUT2D eigenvalue weighted by molar-refractivity contribution is -0.121. The number of amides is 1. The predicted molar refractivity (Wildman–Crippen MR) is 131 cm³/mol. The second kappa shape index (κ2) is 12.2. The van der Waals surface area contributed by atoms with E-state index in [-0.39, 0.29) is 18.4 Å². The van der Waals surface area contributed by atoms with Gasteiger partial charge in [0.15, 0.2) is 0 Å². The highest BCUT2D eigenvalue weighted by atomic mass is 16.3. The molecule has 0 radical (unpaired) electrons. The van der Waals surface area contributed by atoms with Crippen molar-refractivity contribution in [3.05, 3.63) is 107 Å². The van der Waals surface area contributed by atoms with Gasteiger partial charge in [0.2, 0.25) is 5.91 Å². The maximum Gasteiger partial charge on any atom is 0.221 e. The van der Waals surface area contributed by atoms with Gasteiger partial charge in [0.05, 0.1) is 6.10 Å². The SMILES string of the molecule is CC(C)c1cccc(CNCC(O)CNC(=O)CC(c2ccccc2)c2ccccc2)c1. The lowest BCUT2D eigenvalue weighted by atomic mass is 9.88. The Kier molecular flexibility index (Phi) is 9.02. The summed E-state index contributed by atoms with van der Waals surface area (Å²) in [5.41, 5.74) is 4.73. The zero-order valence-electron chi connectivity index (χ0n) is 19.0. The van der Waals surface area contributed by atoms with Crippen molar-refractivity contribution >= 4 is 5.91 Å². The first-order chi connectivity index (χ1) is 15.5. The van der Waals surface area contributed by atoms with E-state index in [9.17, 15) is 9.90 Å². The molecule has 0 heterocycles. The summed E-state index contributed by atoms with van der Waals surface area (Å²) in [6.45, 7) is 5.70. The number of carbonyl (C=O) groups excluding carboxylic acids is 1. The van der Waals surface area contributed by atoms with Crippen molar-refractivity contribution in [1.29, 1.82) is 0 Å². The molecule has 3 N–H and O–H groups in total. The molecule has 0 bridgehead atoms. The van der Waals surface area contributed by atoms with Gasteiger partial charge in [0, 0.05) is 32.0 Å². The Morgan fingerprint density at radius 3 is 2.00 bits per heavy atom. The highest BCUT2D eigenvalue weighted by molar-refractivity contribution is 5.77. The van der Waals surface area contributed by atoms with E-state index in [0.29, 0.717) is 25.4 Å². The third-order valence-corrected chi connectivity index (χ3v) is 5.66. The summed E-state index contributed by atoms with van der Waals surface area (Å²) in [6.07, 6.45) is -0.296. The van der Waals surface area contributed by atoms with Gasteiger partial charge in [-0.05, 0) is 28.2 Å². The number of benzene rings is 3. The fraction of sp³-hybridized carbons (Fsp3) is 0.321. The van der Waals surface area contributed by atoms with Gasteiger partial charge in [0.1, 0.15) is 0 Å². The summed E-state index contributed by atoms with van der Waals surface area (Å²) in [5.74, 6) is 0.415. The largest absolute Gasteiger partial charge is 0.390 e. The van der Waals surface area contributed by atoms with Gasteiger partial charge in [-0.3, -0.25) is 4.79 Å². The molecule has 32 heavy (non-hydrogen) atoms. The van der Waals surface area contributed by atoms with Gasteiger partial charge in [-0.2, -0.15) is 0 Å². The normalized spacial score (nSPS) is 12.2. The van der Waals surface area contributed by atoms with Crippen molar-refractivity contribution in [2.24, 2.45) is 0 Å². The van der Waals surface area contributed by atoms with Crippen molar-refractivity contribution in [2.75, 3.05) is 13.1 Å². The van der Waals surface area contributed by atoms with Gasteiger partial charge in [0.25, 0.3) is 0 Å². The van der Waals surface area contributed by atoms with Gasteiger partial charge in [-0.15, -0.1) is 0 Å². The summed E-state index contributed by atoms with van der Waals surface area (Å²) in [4.78, 5) is 12.7. The molecular weight excluding hydrogens is 396 g/mol. The Morgan fingerprint density at radius 1 is 0.812 bits per heavy atom. The Balaban J connectivity index is 1.47. The Morgan fingerprint density at radius 2 is 1.41 bits per heavy atom. The predicted octanol–water partition coefficient (Wildman–Crippen LogP) is 4.60. The van der Waals surface area contributed by atoms with Crippen molar-refractivity contribution in [2.45, 2.75) is 44.8 Å². The molecule has 1 unspecified atom stereocenters. The van der Waals surface area contributed by atoms with Gasteiger partial charge >= 0.3 is 0 Å². The first kappa shape index (κ1) is 23.7. The molecule has 0 aliphatic rings. The number of aliphatic hydroxyl groups excluding tert-OH is 1. The van der Waals surface area contributed by atoms with E-state index in [0.717, 1.165) is 11.1 Å². The van der Waals surface area contributed by atoms with Crippen LogP contribution in [0.1, 0.15) is 54.4 Å². The van der Waals surface area contributed by atoms with E-state index < -0.39 is 6.10 Å². The van der Waals surface area contributed by atoms with Gasteiger partial charge in [-0.1, -0.05) is 98.8 Å². The van der Waals surface area contributed by atoms with Crippen LogP contribution in [0.4, 0.5) is 0 Å². The molecule has 168 valence electrons. The standard InChI is InChI=1S/C28H34N2O2/c1-21(2)25-15-9-10-22(16-25)18-29-19-26(31)20-30-28(32)17-27(23-11-5-3-6-12-23)24-13-7-4-8-14-24/h3-16,21,26-27,29,31H,17-20H2,1-2H3,(H,30,32). The fourth-order valence-corrected chi connectivity index (χ4v) is 3.81. The number of carbonyl (C=O) groups is 1. The molecule has 0 aliphatic heterocycles. The van der Waals surface area contributed by atoms with Gasteiger partial charge < -0.3 is 15.7 Å². The Bertz CT molecular complexity index is 918. The number of rotatable bonds is 11. The molecule has 3 rings (SSSR count). The molecule has 1 atom stereocenters. The van der Waals surface area contributed by atoms with Crippen molar-refractivity contribution in [1.82, 2.24) is 10.6 Å². The maximum absolute atomic E-state index is 12.7. The van der Waals surface area contributed by atoms with Crippen LogP contribution >= 0.6 is 0 Å². The smallest absolute Gasteiger partial charge is 0.221 e. The number of aliphatic hydroxyl groups is 1. The van der Waals surface area contributed by atoms with Crippen LogP contribution in [0, 0.1) is 0 Å². The van der Waals surface area contributed by atoms with Crippen molar-refractivity contribution in [3.8, 4) is 0 Å². The second-order valence-corrected chi connectivity index (χ2v) is 8.57. The molecule has 0 saturated carbocycles. The van der Waals surface area contributed by atoms with E-state index in [1.807, 2.05) is 36.4 Å². The molecule has 3 aromatic rings. The van der Waals surface area contributed by atoms with Crippen LogP contribution < -0.4 is 10.6 Å². The van der Waals surface area contributed by atoms with E-state index in [1.165, 1.54) is 11.1 Å². The molecule has 0 spiro atoms. The van der Waals surface area contributed by atoms with E-state index in [4.69, 9.17) is 0 Å². The Hall–Kier alpha value is -2.95. The molecule has 0 fully saturated rings. The zero-order chi connectivity index (χ0) is 22.8. The molecule has 4 nitrogen and oxygen atoms in total. The lowest BCUT2D eigenvalue weighted by Crippen LogP contribution is -2.38. The maximum atomic E-state index is 12.7. The summed E-state index contributed by atoms with van der Waals surface area (Å²) < 4.78 is 0. The fourth-order valence-electron chi connectivity index (χ4n) is 3.81. The average molecular weight is 431 g/mol. The minimum atomic E-state index is -0.640. The van der Waals surface area contributed by atoms with Crippen LogP contribution in [-0.4, -0.2) is 30.2 Å². The average Bonchev–Trinajstić information content (AvgIpc) is 2.82. The summed E-state index contributed by atoms with van der Waals surface area (Å²) in [7, 11) is 0. The third-order valence-electron chi connectivity index (χ3n) is 5.66. The van der Waals surface area contributed by atoms with E-state index in [1.54, 1.807) is 0 Å².